The van der Waals surface area contributed by atoms with Crippen molar-refractivity contribution in [3.63, 3.8) is 0 Å². The molecule has 2 heterocycles. The zero-order valence-corrected chi connectivity index (χ0v) is 20.3. The Hall–Kier alpha value is -1.60. The first-order valence-electron chi connectivity index (χ1n) is 10.6. The van der Waals surface area contributed by atoms with Crippen molar-refractivity contribution < 1.29 is 27.4 Å². The molecule has 2 fully saturated rings. The molecule has 1 amide bonds. The molecular weight excluding hydrogens is 540 g/mol. The molecule has 3 rings (SSSR count). The molecule has 2 N–H and O–H groups in total. The third-order valence-corrected chi connectivity index (χ3v) is 5.24. The fourth-order valence-corrected chi connectivity index (χ4v) is 3.66. The molecule has 0 aromatic heterocycles. The van der Waals surface area contributed by atoms with Crippen LogP contribution in [-0.4, -0.2) is 74.9 Å². The zero-order valence-electron chi connectivity index (χ0n) is 18.0. The second-order valence-electron chi connectivity index (χ2n) is 7.47. The zero-order chi connectivity index (χ0) is 22.3. The van der Waals surface area contributed by atoms with Gasteiger partial charge in [0.25, 0.3) is 5.91 Å². The van der Waals surface area contributed by atoms with Gasteiger partial charge in [-0.15, -0.1) is 24.0 Å². The summed E-state index contributed by atoms with van der Waals surface area (Å²) in [4.78, 5) is 18.9. The predicted octanol–water partition coefficient (Wildman–Crippen LogP) is 2.90. The van der Waals surface area contributed by atoms with E-state index in [9.17, 15) is 18.0 Å². The Bertz CT molecular complexity index is 756. The van der Waals surface area contributed by atoms with E-state index < -0.39 is 17.6 Å². The van der Waals surface area contributed by atoms with Crippen LogP contribution < -0.4 is 10.6 Å². The van der Waals surface area contributed by atoms with Crippen LogP contribution in [-0.2, 0) is 15.7 Å². The van der Waals surface area contributed by atoms with Gasteiger partial charge in [0.1, 0.15) is 6.10 Å². The summed E-state index contributed by atoms with van der Waals surface area (Å²) in [6.45, 7) is 6.09. The minimum atomic E-state index is -4.42. The lowest BCUT2D eigenvalue weighted by atomic mass is 10.1. The number of carbonyl (C=O) groups excluding carboxylic acids is 1. The summed E-state index contributed by atoms with van der Waals surface area (Å²) >= 11 is 0. The van der Waals surface area contributed by atoms with Crippen LogP contribution in [0, 0.1) is 0 Å². The molecule has 32 heavy (non-hydrogen) atoms. The average molecular weight is 570 g/mol. The molecule has 0 spiro atoms. The van der Waals surface area contributed by atoms with Gasteiger partial charge in [0.15, 0.2) is 5.96 Å². The van der Waals surface area contributed by atoms with Gasteiger partial charge in [-0.3, -0.25) is 9.79 Å². The van der Waals surface area contributed by atoms with Crippen LogP contribution in [0.1, 0.15) is 35.7 Å². The molecule has 1 aromatic rings. The van der Waals surface area contributed by atoms with Crippen molar-refractivity contribution in [2.45, 2.75) is 38.1 Å². The smallest absolute Gasteiger partial charge is 0.375 e. The molecule has 2 saturated heterocycles. The molecule has 2 aliphatic heterocycles. The Labute approximate surface area is 203 Å². The van der Waals surface area contributed by atoms with Gasteiger partial charge in [-0.05, 0) is 44.0 Å². The van der Waals surface area contributed by atoms with Gasteiger partial charge in [-0.2, -0.15) is 13.2 Å². The normalized spacial score (nSPS) is 21.8. The number of rotatable bonds is 6. The van der Waals surface area contributed by atoms with Crippen LogP contribution in [0.25, 0.3) is 0 Å². The topological polar surface area (TPSA) is 75.2 Å². The molecule has 2 unspecified atom stereocenters. The second-order valence-corrected chi connectivity index (χ2v) is 7.47. The van der Waals surface area contributed by atoms with E-state index in [1.54, 1.807) is 0 Å². The first kappa shape index (κ1) is 26.7. The molecule has 180 valence electrons. The minimum Gasteiger partial charge on any atom is -0.375 e. The summed E-state index contributed by atoms with van der Waals surface area (Å²) < 4.78 is 49.5. The largest absolute Gasteiger partial charge is 0.416 e. The van der Waals surface area contributed by atoms with E-state index in [4.69, 9.17) is 9.47 Å². The maximum Gasteiger partial charge on any atom is 0.416 e. The fraction of sp³-hybridized carbons (Fsp3) is 0.619. The highest BCUT2D eigenvalue weighted by molar-refractivity contribution is 14.0. The molecule has 0 radical (unpaired) electrons. The minimum absolute atomic E-state index is 0. The highest BCUT2D eigenvalue weighted by Crippen LogP contribution is 2.29. The molecule has 1 aromatic carbocycles. The molecule has 0 bridgehead atoms. The van der Waals surface area contributed by atoms with Gasteiger partial charge in [0.2, 0.25) is 0 Å². The third-order valence-electron chi connectivity index (χ3n) is 5.24. The quantitative estimate of drug-likeness (QED) is 0.238. The number of halogens is 4. The number of benzene rings is 1. The summed E-state index contributed by atoms with van der Waals surface area (Å²) in [5, 5.41) is 5.96. The molecule has 0 aliphatic carbocycles. The second kappa shape index (κ2) is 12.6. The summed E-state index contributed by atoms with van der Waals surface area (Å²) in [6.07, 6.45) is -2.23. The first-order valence-corrected chi connectivity index (χ1v) is 10.6. The number of hydrogen-bond acceptors (Lipinski definition) is 4. The van der Waals surface area contributed by atoms with Gasteiger partial charge in [-0.1, -0.05) is 0 Å². The number of amides is 1. The van der Waals surface area contributed by atoms with E-state index in [1.165, 1.54) is 12.1 Å². The molecular formula is C21H30F3IN4O3. The number of guanidine groups is 1. The van der Waals surface area contributed by atoms with Gasteiger partial charge in [0.05, 0.1) is 24.8 Å². The van der Waals surface area contributed by atoms with Crippen molar-refractivity contribution in [1.82, 2.24) is 15.5 Å². The Kier molecular flexibility index (Phi) is 10.5. The van der Waals surface area contributed by atoms with Gasteiger partial charge >= 0.3 is 6.18 Å². The number of morpholine rings is 1. The number of nitrogens with zero attached hydrogens (tertiary/aromatic N) is 2. The van der Waals surface area contributed by atoms with E-state index in [1.807, 2.05) is 6.92 Å². The Morgan fingerprint density at radius 3 is 2.50 bits per heavy atom. The lowest BCUT2D eigenvalue weighted by Gasteiger charge is -2.37. The van der Waals surface area contributed by atoms with Crippen molar-refractivity contribution in [2.24, 2.45) is 4.99 Å². The average Bonchev–Trinajstić information content (AvgIpc) is 3.30. The van der Waals surface area contributed by atoms with Crippen molar-refractivity contribution >= 4 is 35.8 Å². The van der Waals surface area contributed by atoms with Crippen molar-refractivity contribution in [1.29, 1.82) is 0 Å². The Morgan fingerprint density at radius 2 is 1.88 bits per heavy atom. The number of nitrogens with one attached hydrogen (secondary N) is 2. The summed E-state index contributed by atoms with van der Waals surface area (Å²) in [5.74, 6) is 0.316. The van der Waals surface area contributed by atoms with Crippen molar-refractivity contribution in [3.05, 3.63) is 35.4 Å². The van der Waals surface area contributed by atoms with Crippen LogP contribution >= 0.6 is 24.0 Å². The van der Waals surface area contributed by atoms with E-state index in [2.05, 4.69) is 20.5 Å². The van der Waals surface area contributed by atoms with E-state index >= 15 is 0 Å². The van der Waals surface area contributed by atoms with Gasteiger partial charge in [0, 0.05) is 38.3 Å². The number of carbonyl (C=O) groups is 1. The van der Waals surface area contributed by atoms with Gasteiger partial charge in [-0.25, -0.2) is 0 Å². The fourth-order valence-electron chi connectivity index (χ4n) is 3.66. The first-order chi connectivity index (χ1) is 14.9. The summed E-state index contributed by atoms with van der Waals surface area (Å²) in [7, 11) is 0. The molecule has 7 nitrogen and oxygen atoms in total. The van der Waals surface area contributed by atoms with Crippen molar-refractivity contribution in [2.75, 3.05) is 45.9 Å². The Balaban J connectivity index is 0.00000363. The SMILES string of the molecule is CCNC(=NCCNC(=O)c1ccc(C(F)(F)F)cc1)N1CCOC(C2CCCO2)C1.I. The molecule has 2 aliphatic rings. The maximum absolute atomic E-state index is 12.6. The van der Waals surface area contributed by atoms with Crippen LogP contribution in [0.5, 0.6) is 0 Å². The van der Waals surface area contributed by atoms with Crippen LogP contribution in [0.15, 0.2) is 29.3 Å². The molecule has 0 saturated carbocycles. The highest BCUT2D eigenvalue weighted by Gasteiger charge is 2.32. The lowest BCUT2D eigenvalue weighted by Crippen LogP contribution is -2.53. The number of aliphatic imine (C=N–C) groups is 1. The Morgan fingerprint density at radius 1 is 1.16 bits per heavy atom. The maximum atomic E-state index is 12.6. The van der Waals surface area contributed by atoms with Crippen LogP contribution in [0.4, 0.5) is 13.2 Å². The van der Waals surface area contributed by atoms with E-state index in [0.717, 1.165) is 37.5 Å². The highest BCUT2D eigenvalue weighted by atomic mass is 127. The van der Waals surface area contributed by atoms with Crippen molar-refractivity contribution in [3.8, 4) is 0 Å². The summed E-state index contributed by atoms with van der Waals surface area (Å²) in [6, 6.07) is 4.15. The number of alkyl halides is 3. The molecule has 2 atom stereocenters. The van der Waals surface area contributed by atoms with Crippen LogP contribution in [0.2, 0.25) is 0 Å². The monoisotopic (exact) mass is 570 g/mol. The lowest BCUT2D eigenvalue weighted by molar-refractivity contribution is -0.137. The molecule has 11 heteroatoms. The number of ether oxygens (including phenoxy) is 2. The summed E-state index contributed by atoms with van der Waals surface area (Å²) in [5.41, 5.74) is -0.604. The number of hydrogen-bond donors (Lipinski definition) is 2. The predicted molar refractivity (Wildman–Crippen MR) is 125 cm³/mol. The van der Waals surface area contributed by atoms with E-state index in [0.29, 0.717) is 32.8 Å². The third kappa shape index (κ3) is 7.48. The van der Waals surface area contributed by atoms with Crippen LogP contribution in [0.3, 0.4) is 0 Å². The van der Waals surface area contributed by atoms with E-state index in [-0.39, 0.29) is 48.3 Å². The van der Waals surface area contributed by atoms with Gasteiger partial charge < -0.3 is 25.0 Å². The standard InChI is InChI=1S/C21H29F3N4O3.HI/c1-2-25-20(28-11-13-31-18(14-28)17-4-3-12-30-17)27-10-9-26-19(29)15-5-7-16(8-6-15)21(22,23)24;/h5-8,17-18H,2-4,9-14H2,1H3,(H,25,27)(H,26,29);1H.